The van der Waals surface area contributed by atoms with Gasteiger partial charge in [0, 0.05) is 24.0 Å². The zero-order valence-corrected chi connectivity index (χ0v) is 9.32. The fourth-order valence-electron chi connectivity index (χ4n) is 1.43. The Morgan fingerprint density at radius 3 is 3.06 bits per heavy atom. The number of hydrogen-bond acceptors (Lipinski definition) is 4. The first-order valence-corrected chi connectivity index (χ1v) is 5.03. The van der Waals surface area contributed by atoms with Crippen LogP contribution in [0.5, 0.6) is 5.88 Å². The van der Waals surface area contributed by atoms with Crippen LogP contribution < -0.4 is 10.1 Å². The van der Waals surface area contributed by atoms with Crippen molar-refractivity contribution in [2.45, 2.75) is 13.5 Å². The Balaban J connectivity index is 2.07. The van der Waals surface area contributed by atoms with E-state index in [0.29, 0.717) is 12.4 Å². The van der Waals surface area contributed by atoms with Crippen LogP contribution in [-0.2, 0) is 6.54 Å². The van der Waals surface area contributed by atoms with Crippen LogP contribution in [0, 0.1) is 6.92 Å². The minimum absolute atomic E-state index is 0.601. The lowest BCUT2D eigenvalue weighted by Gasteiger charge is -2.08. The molecule has 84 valence electrons. The number of H-pyrrole nitrogens is 1. The van der Waals surface area contributed by atoms with Crippen molar-refractivity contribution in [3.05, 3.63) is 35.8 Å². The van der Waals surface area contributed by atoms with Crippen LogP contribution in [0.2, 0.25) is 0 Å². The van der Waals surface area contributed by atoms with Crippen LogP contribution >= 0.6 is 0 Å². The SMILES string of the molecule is COc1ncccc1NCc1cn[nH]c1C. The maximum atomic E-state index is 5.15. The summed E-state index contributed by atoms with van der Waals surface area (Å²) in [4.78, 5) is 4.11. The molecule has 0 aliphatic rings. The van der Waals surface area contributed by atoms with Gasteiger partial charge in [-0.3, -0.25) is 5.10 Å². The van der Waals surface area contributed by atoms with E-state index in [9.17, 15) is 0 Å². The summed E-state index contributed by atoms with van der Waals surface area (Å²) < 4.78 is 5.15. The molecule has 2 aromatic rings. The van der Waals surface area contributed by atoms with Gasteiger partial charge in [0.2, 0.25) is 5.88 Å². The predicted molar refractivity (Wildman–Crippen MR) is 61.4 cm³/mol. The van der Waals surface area contributed by atoms with E-state index in [1.165, 1.54) is 0 Å². The number of nitrogens with one attached hydrogen (secondary N) is 2. The van der Waals surface area contributed by atoms with Crippen molar-refractivity contribution in [1.29, 1.82) is 0 Å². The van der Waals surface area contributed by atoms with Gasteiger partial charge in [-0.25, -0.2) is 4.98 Å². The summed E-state index contributed by atoms with van der Waals surface area (Å²) in [6.07, 6.45) is 3.51. The van der Waals surface area contributed by atoms with E-state index in [1.807, 2.05) is 25.3 Å². The second kappa shape index (κ2) is 4.65. The third kappa shape index (κ3) is 2.13. The maximum Gasteiger partial charge on any atom is 0.237 e. The Hall–Kier alpha value is -2.04. The summed E-state index contributed by atoms with van der Waals surface area (Å²) in [6, 6.07) is 3.80. The number of aromatic amines is 1. The fourth-order valence-corrected chi connectivity index (χ4v) is 1.43. The lowest BCUT2D eigenvalue weighted by Crippen LogP contribution is -2.02. The molecule has 5 nitrogen and oxygen atoms in total. The van der Waals surface area contributed by atoms with Crippen LogP contribution in [0.3, 0.4) is 0 Å². The Kier molecular flexibility index (Phi) is 3.05. The minimum Gasteiger partial charge on any atom is -0.480 e. The molecule has 2 aromatic heterocycles. The molecule has 0 radical (unpaired) electrons. The van der Waals surface area contributed by atoms with Gasteiger partial charge in [-0.1, -0.05) is 0 Å². The lowest BCUT2D eigenvalue weighted by atomic mass is 10.2. The van der Waals surface area contributed by atoms with Crippen molar-refractivity contribution < 1.29 is 4.74 Å². The molecule has 0 aromatic carbocycles. The summed E-state index contributed by atoms with van der Waals surface area (Å²) in [6.45, 7) is 2.69. The lowest BCUT2D eigenvalue weighted by molar-refractivity contribution is 0.399. The predicted octanol–water partition coefficient (Wildman–Crippen LogP) is 1.73. The molecule has 0 amide bonds. The van der Waals surface area contributed by atoms with Crippen LogP contribution in [0.4, 0.5) is 5.69 Å². The molecular weight excluding hydrogens is 204 g/mol. The maximum absolute atomic E-state index is 5.15. The highest BCUT2D eigenvalue weighted by molar-refractivity contribution is 5.52. The second-order valence-electron chi connectivity index (χ2n) is 3.43. The molecule has 0 saturated heterocycles. The number of methoxy groups -OCH3 is 1. The number of aryl methyl sites for hydroxylation is 1. The molecule has 5 heteroatoms. The molecule has 2 rings (SSSR count). The largest absolute Gasteiger partial charge is 0.480 e. The second-order valence-corrected chi connectivity index (χ2v) is 3.43. The third-order valence-corrected chi connectivity index (χ3v) is 2.37. The van der Waals surface area contributed by atoms with Crippen molar-refractivity contribution in [3.8, 4) is 5.88 Å². The average molecular weight is 218 g/mol. The normalized spacial score (nSPS) is 10.1. The van der Waals surface area contributed by atoms with Gasteiger partial charge < -0.3 is 10.1 Å². The molecule has 16 heavy (non-hydrogen) atoms. The Morgan fingerprint density at radius 1 is 1.50 bits per heavy atom. The summed E-state index contributed by atoms with van der Waals surface area (Å²) >= 11 is 0. The average Bonchev–Trinajstić information content (AvgIpc) is 2.72. The van der Waals surface area contributed by atoms with E-state index in [-0.39, 0.29) is 0 Å². The molecule has 0 aliphatic carbocycles. The van der Waals surface area contributed by atoms with Crippen molar-refractivity contribution in [3.63, 3.8) is 0 Å². The van der Waals surface area contributed by atoms with E-state index in [4.69, 9.17) is 4.74 Å². The van der Waals surface area contributed by atoms with E-state index in [0.717, 1.165) is 16.9 Å². The van der Waals surface area contributed by atoms with E-state index >= 15 is 0 Å². The van der Waals surface area contributed by atoms with Crippen LogP contribution in [0.1, 0.15) is 11.3 Å². The molecule has 2 heterocycles. The first kappa shape index (κ1) is 10.5. The van der Waals surface area contributed by atoms with E-state index < -0.39 is 0 Å². The van der Waals surface area contributed by atoms with Crippen LogP contribution in [-0.4, -0.2) is 22.3 Å². The summed E-state index contributed by atoms with van der Waals surface area (Å²) in [7, 11) is 1.61. The molecule has 0 spiro atoms. The highest BCUT2D eigenvalue weighted by Crippen LogP contribution is 2.20. The van der Waals surface area contributed by atoms with Crippen molar-refractivity contribution >= 4 is 5.69 Å². The molecule has 0 fully saturated rings. The molecule has 2 N–H and O–H groups in total. The van der Waals surface area contributed by atoms with Crippen LogP contribution in [0.25, 0.3) is 0 Å². The molecule has 0 bridgehead atoms. The fraction of sp³-hybridized carbons (Fsp3) is 0.273. The van der Waals surface area contributed by atoms with E-state index in [1.54, 1.807) is 13.3 Å². The van der Waals surface area contributed by atoms with Crippen molar-refractivity contribution in [1.82, 2.24) is 15.2 Å². The minimum atomic E-state index is 0.601. The van der Waals surface area contributed by atoms with Gasteiger partial charge in [-0.05, 0) is 19.1 Å². The smallest absolute Gasteiger partial charge is 0.237 e. The van der Waals surface area contributed by atoms with Gasteiger partial charge in [0.15, 0.2) is 0 Å². The number of anilines is 1. The molecule has 0 saturated carbocycles. The topological polar surface area (TPSA) is 62.8 Å². The monoisotopic (exact) mass is 218 g/mol. The third-order valence-electron chi connectivity index (χ3n) is 2.37. The number of rotatable bonds is 4. The van der Waals surface area contributed by atoms with Gasteiger partial charge in [0.25, 0.3) is 0 Å². The number of pyridine rings is 1. The first-order chi connectivity index (χ1) is 7.81. The van der Waals surface area contributed by atoms with Gasteiger partial charge >= 0.3 is 0 Å². The Bertz CT molecular complexity index is 467. The standard InChI is InChI=1S/C11H14N4O/c1-8-9(7-14-15-8)6-13-10-4-3-5-12-11(10)16-2/h3-5,7,13H,6H2,1-2H3,(H,14,15). The number of ether oxygens (including phenoxy) is 1. The van der Waals surface area contributed by atoms with Gasteiger partial charge in [-0.2, -0.15) is 5.10 Å². The zero-order chi connectivity index (χ0) is 11.4. The van der Waals surface area contributed by atoms with Gasteiger partial charge in [0.05, 0.1) is 19.0 Å². The summed E-state index contributed by atoms with van der Waals surface area (Å²) in [5.74, 6) is 0.601. The molecular formula is C11H14N4O. The molecule has 0 unspecified atom stereocenters. The molecule has 0 aliphatic heterocycles. The zero-order valence-electron chi connectivity index (χ0n) is 9.32. The number of nitrogens with zero attached hydrogens (tertiary/aromatic N) is 2. The number of aromatic nitrogens is 3. The molecule has 0 atom stereocenters. The first-order valence-electron chi connectivity index (χ1n) is 5.03. The quantitative estimate of drug-likeness (QED) is 0.820. The van der Waals surface area contributed by atoms with Gasteiger partial charge in [0.1, 0.15) is 0 Å². The van der Waals surface area contributed by atoms with Crippen LogP contribution in [0.15, 0.2) is 24.5 Å². The summed E-state index contributed by atoms with van der Waals surface area (Å²) in [5, 5.41) is 10.1. The highest BCUT2D eigenvalue weighted by Gasteiger charge is 2.04. The van der Waals surface area contributed by atoms with Crippen molar-refractivity contribution in [2.75, 3.05) is 12.4 Å². The Labute approximate surface area is 93.9 Å². The van der Waals surface area contributed by atoms with Gasteiger partial charge in [-0.15, -0.1) is 0 Å². The highest BCUT2D eigenvalue weighted by atomic mass is 16.5. The Morgan fingerprint density at radius 2 is 2.38 bits per heavy atom. The summed E-state index contributed by atoms with van der Waals surface area (Å²) in [5.41, 5.74) is 3.08. The van der Waals surface area contributed by atoms with Crippen molar-refractivity contribution in [2.24, 2.45) is 0 Å². The van der Waals surface area contributed by atoms with E-state index in [2.05, 4.69) is 20.5 Å². The number of hydrogen-bond donors (Lipinski definition) is 2.